The lowest BCUT2D eigenvalue weighted by molar-refractivity contribution is 0.0284. The largest absolute Gasteiger partial charge is 0.381 e. The molecule has 2 aliphatic rings. The van der Waals surface area contributed by atoms with Crippen LogP contribution in [-0.4, -0.2) is 33.6 Å². The van der Waals surface area contributed by atoms with Gasteiger partial charge in [0.1, 0.15) is 10.7 Å². The molecule has 1 saturated carbocycles. The second-order valence-corrected chi connectivity index (χ2v) is 8.50. The van der Waals surface area contributed by atoms with Crippen molar-refractivity contribution in [2.75, 3.05) is 12.4 Å². The van der Waals surface area contributed by atoms with Crippen molar-refractivity contribution in [3.8, 4) is 11.1 Å². The molecule has 0 bridgehead atoms. The van der Waals surface area contributed by atoms with E-state index in [1.807, 2.05) is 0 Å². The minimum Gasteiger partial charge on any atom is -0.381 e. The lowest BCUT2D eigenvalue weighted by atomic mass is 9.90. The van der Waals surface area contributed by atoms with Gasteiger partial charge in [-0.2, -0.15) is 0 Å². The molecular weight excluding hydrogens is 393 g/mol. The molecule has 1 heterocycles. The fourth-order valence-electron chi connectivity index (χ4n) is 3.22. The van der Waals surface area contributed by atoms with Crippen LogP contribution in [-0.2, 0) is 14.8 Å². The number of methoxy groups -OCH3 is 1. The van der Waals surface area contributed by atoms with E-state index in [0.29, 0.717) is 16.8 Å². The number of halogens is 2. The Morgan fingerprint density at radius 1 is 1.19 bits per heavy atom. The third kappa shape index (κ3) is 3.28. The molecule has 0 radical (unpaired) electrons. The first-order valence-corrected chi connectivity index (χ1v) is 10.2. The molecule has 9 heteroatoms. The Balaban J connectivity index is 1.78. The zero-order valence-electron chi connectivity index (χ0n) is 14.4. The summed E-state index contributed by atoms with van der Waals surface area (Å²) in [5.74, 6) is -0.431. The number of ether oxygens (including phenoxy) is 1. The van der Waals surface area contributed by atoms with Crippen molar-refractivity contribution >= 4 is 33.3 Å². The fraction of sp³-hybridized carbons (Fsp3) is 0.278. The third-order valence-corrected chi connectivity index (χ3v) is 6.51. The number of fused-ring (bicyclic) bond motifs is 1. The smallest absolute Gasteiger partial charge is 0.266 e. The summed E-state index contributed by atoms with van der Waals surface area (Å²) in [6.45, 7) is 0. The van der Waals surface area contributed by atoms with Gasteiger partial charge < -0.3 is 10.1 Å². The Morgan fingerprint density at radius 3 is 2.63 bits per heavy atom. The number of nitrogens with zero attached hydrogens (tertiary/aromatic N) is 1. The number of hydrogen-bond acceptors (Lipinski definition) is 4. The number of anilines is 1. The molecule has 1 fully saturated rings. The average molecular weight is 410 g/mol. The number of hydrogen-bond donors (Lipinski definition) is 2. The summed E-state index contributed by atoms with van der Waals surface area (Å²) >= 11 is 6.11. The van der Waals surface area contributed by atoms with Crippen LogP contribution < -0.4 is 10.0 Å². The van der Waals surface area contributed by atoms with Crippen molar-refractivity contribution in [3.05, 3.63) is 47.2 Å². The topological polar surface area (TPSA) is 79.8 Å². The van der Waals surface area contributed by atoms with Gasteiger partial charge in [0.25, 0.3) is 10.0 Å². The molecule has 2 N–H and O–H groups in total. The number of benzene rings is 2. The highest BCUT2D eigenvalue weighted by Gasteiger charge is 2.33. The Kier molecular flexibility index (Phi) is 4.57. The number of guanidine groups is 1. The average Bonchev–Trinajstić information content (AvgIpc) is 2.59. The van der Waals surface area contributed by atoms with Crippen LogP contribution >= 0.6 is 11.6 Å². The SMILES string of the molecule is COC1CC(N=C2Nc3c(-c4cccc(F)c4Cl)cccc3S(=O)(=O)N2)C1. The summed E-state index contributed by atoms with van der Waals surface area (Å²) < 4.78 is 46.9. The fourth-order valence-corrected chi connectivity index (χ4v) is 4.61. The molecule has 4 rings (SSSR count). The van der Waals surface area contributed by atoms with E-state index < -0.39 is 15.8 Å². The van der Waals surface area contributed by atoms with Gasteiger partial charge >= 0.3 is 0 Å². The molecule has 0 atom stereocenters. The molecule has 6 nitrogen and oxygen atoms in total. The minimum atomic E-state index is -3.80. The highest BCUT2D eigenvalue weighted by Crippen LogP contribution is 2.39. The molecule has 0 spiro atoms. The van der Waals surface area contributed by atoms with Gasteiger partial charge in [-0.3, -0.25) is 0 Å². The van der Waals surface area contributed by atoms with Crippen molar-refractivity contribution in [1.29, 1.82) is 0 Å². The van der Waals surface area contributed by atoms with Crippen molar-refractivity contribution < 1.29 is 17.5 Å². The van der Waals surface area contributed by atoms with E-state index in [9.17, 15) is 12.8 Å². The van der Waals surface area contributed by atoms with Crippen LogP contribution in [0.25, 0.3) is 11.1 Å². The standard InChI is InChI=1S/C18H17ClFN3O3S/c1-26-11-8-10(9-11)21-18-22-17-13(12-4-2-6-14(20)16(12)19)5-3-7-15(17)27(24,25)23-18/h2-7,10-11H,8-9H2,1H3,(H2,21,22,23). The third-order valence-electron chi connectivity index (χ3n) is 4.75. The van der Waals surface area contributed by atoms with E-state index in [4.69, 9.17) is 16.3 Å². The minimum absolute atomic E-state index is 0.0216. The van der Waals surface area contributed by atoms with Crippen LogP contribution in [0.5, 0.6) is 0 Å². The normalized spacial score (nSPS) is 24.5. The summed E-state index contributed by atoms with van der Waals surface area (Å²) in [6, 6.07) is 9.16. The summed E-state index contributed by atoms with van der Waals surface area (Å²) in [4.78, 5) is 4.49. The van der Waals surface area contributed by atoms with Crippen LogP contribution in [0.3, 0.4) is 0 Å². The summed E-state index contributed by atoms with van der Waals surface area (Å²) in [5, 5.41) is 2.97. The highest BCUT2D eigenvalue weighted by atomic mass is 35.5. The van der Waals surface area contributed by atoms with Crippen molar-refractivity contribution in [2.45, 2.75) is 29.9 Å². The van der Waals surface area contributed by atoms with E-state index in [1.54, 1.807) is 25.3 Å². The maximum Gasteiger partial charge on any atom is 0.266 e. The van der Waals surface area contributed by atoms with Gasteiger partial charge in [-0.05, 0) is 25.0 Å². The molecule has 27 heavy (non-hydrogen) atoms. The summed E-state index contributed by atoms with van der Waals surface area (Å²) in [5.41, 5.74) is 1.21. The maximum atomic E-state index is 13.9. The van der Waals surface area contributed by atoms with Gasteiger partial charge in [-0.25, -0.2) is 22.5 Å². The lowest BCUT2D eigenvalue weighted by Gasteiger charge is -2.32. The zero-order chi connectivity index (χ0) is 19.2. The van der Waals surface area contributed by atoms with Crippen molar-refractivity contribution in [3.63, 3.8) is 0 Å². The molecule has 142 valence electrons. The molecule has 0 aromatic heterocycles. The molecule has 2 aromatic rings. The number of aliphatic imine (C=N–C) groups is 1. The van der Waals surface area contributed by atoms with E-state index >= 15 is 0 Å². The van der Waals surface area contributed by atoms with Crippen LogP contribution in [0.15, 0.2) is 46.3 Å². The molecule has 0 unspecified atom stereocenters. The van der Waals surface area contributed by atoms with Crippen LogP contribution in [0.1, 0.15) is 12.8 Å². The van der Waals surface area contributed by atoms with Crippen molar-refractivity contribution in [1.82, 2.24) is 4.72 Å². The second-order valence-electron chi connectivity index (χ2n) is 6.47. The van der Waals surface area contributed by atoms with Gasteiger partial charge in [0.05, 0.1) is 22.9 Å². The molecule has 1 aliphatic carbocycles. The number of nitrogens with one attached hydrogen (secondary N) is 2. The molecule has 0 amide bonds. The van der Waals surface area contributed by atoms with Gasteiger partial charge in [0.15, 0.2) is 0 Å². The Morgan fingerprint density at radius 2 is 1.89 bits per heavy atom. The Bertz CT molecular complexity index is 1040. The first-order valence-electron chi connectivity index (χ1n) is 8.37. The predicted molar refractivity (Wildman–Crippen MR) is 102 cm³/mol. The molecule has 1 aliphatic heterocycles. The van der Waals surface area contributed by atoms with E-state index in [2.05, 4.69) is 15.0 Å². The second kappa shape index (κ2) is 6.78. The van der Waals surface area contributed by atoms with E-state index in [0.717, 1.165) is 12.8 Å². The van der Waals surface area contributed by atoms with Gasteiger partial charge in [-0.1, -0.05) is 35.9 Å². The van der Waals surface area contributed by atoms with Gasteiger partial charge in [-0.15, -0.1) is 0 Å². The first kappa shape index (κ1) is 18.2. The Labute approximate surface area is 161 Å². The highest BCUT2D eigenvalue weighted by molar-refractivity contribution is 7.90. The summed E-state index contributed by atoms with van der Waals surface area (Å²) in [6.07, 6.45) is 1.61. The van der Waals surface area contributed by atoms with Gasteiger partial charge in [0.2, 0.25) is 5.96 Å². The lowest BCUT2D eigenvalue weighted by Crippen LogP contribution is -2.43. The predicted octanol–water partition coefficient (Wildman–Crippen LogP) is 3.38. The van der Waals surface area contributed by atoms with Crippen LogP contribution in [0.4, 0.5) is 10.1 Å². The number of rotatable bonds is 3. The monoisotopic (exact) mass is 409 g/mol. The molecule has 0 saturated heterocycles. The zero-order valence-corrected chi connectivity index (χ0v) is 15.9. The number of para-hydroxylation sites is 1. The quantitative estimate of drug-likeness (QED) is 0.814. The van der Waals surface area contributed by atoms with Crippen LogP contribution in [0.2, 0.25) is 5.02 Å². The van der Waals surface area contributed by atoms with Gasteiger partial charge in [0, 0.05) is 18.2 Å². The van der Waals surface area contributed by atoms with Crippen molar-refractivity contribution in [2.24, 2.45) is 4.99 Å². The Hall–Kier alpha value is -2.16. The molecule has 2 aromatic carbocycles. The summed E-state index contributed by atoms with van der Waals surface area (Å²) in [7, 11) is -2.17. The van der Waals surface area contributed by atoms with E-state index in [-0.39, 0.29) is 28.0 Å². The van der Waals surface area contributed by atoms with Crippen LogP contribution in [0, 0.1) is 5.82 Å². The number of sulfonamides is 1. The molecular formula is C18H17ClFN3O3S. The first-order chi connectivity index (χ1) is 12.9. The van der Waals surface area contributed by atoms with E-state index in [1.165, 1.54) is 18.2 Å². The maximum absolute atomic E-state index is 13.9.